The van der Waals surface area contributed by atoms with Crippen LogP contribution in [-0.2, 0) is 14.6 Å². The first-order chi connectivity index (χ1) is 16.3. The highest BCUT2D eigenvalue weighted by atomic mass is 32.2. The van der Waals surface area contributed by atoms with E-state index in [1.165, 1.54) is 12.1 Å². The van der Waals surface area contributed by atoms with Crippen LogP contribution >= 0.6 is 0 Å². The zero-order chi connectivity index (χ0) is 24.1. The number of hydrogen-bond donors (Lipinski definition) is 2. The zero-order valence-electron chi connectivity index (χ0n) is 18.8. The first-order valence-corrected chi connectivity index (χ1v) is 12.7. The summed E-state index contributed by atoms with van der Waals surface area (Å²) in [7, 11) is -4.07. The summed E-state index contributed by atoms with van der Waals surface area (Å²) in [4.78, 5) is 12.8. The Morgan fingerprint density at radius 2 is 1.74 bits per heavy atom. The molecule has 0 spiro atoms. The maximum absolute atomic E-state index is 13.6. The molecule has 1 aliphatic rings. The minimum Gasteiger partial charge on any atom is -0.486 e. The van der Waals surface area contributed by atoms with Crippen molar-refractivity contribution in [3.05, 3.63) is 95.8 Å². The van der Waals surface area contributed by atoms with Gasteiger partial charge in [0.15, 0.2) is 5.37 Å². The second kappa shape index (κ2) is 10.4. The molecule has 0 radical (unpaired) electrons. The van der Waals surface area contributed by atoms with Crippen molar-refractivity contribution < 1.29 is 22.3 Å². The largest absolute Gasteiger partial charge is 0.486 e. The Hall–Kier alpha value is -3.23. The Balaban J connectivity index is 1.66. The Morgan fingerprint density at radius 1 is 1.03 bits per heavy atom. The lowest BCUT2D eigenvalue weighted by atomic mass is 10.1. The molecule has 1 aliphatic heterocycles. The Kier molecular flexibility index (Phi) is 7.29. The summed E-state index contributed by atoms with van der Waals surface area (Å²) in [6.07, 6.45) is 1.21. The summed E-state index contributed by atoms with van der Waals surface area (Å²) in [5, 5.41) is 4.43. The van der Waals surface area contributed by atoms with Gasteiger partial charge in [-0.15, -0.1) is 0 Å². The van der Waals surface area contributed by atoms with Crippen LogP contribution in [0.4, 0.5) is 4.39 Å². The molecule has 1 fully saturated rings. The monoisotopic (exact) mass is 482 g/mol. The SMILES string of the molecule is C[C@H](Oc1cccc([C@@H](NC(=O)C2CCCN2)S(=O)(=O)c2ccc(F)cc2)c1)c1ccccc1. The first-order valence-electron chi connectivity index (χ1n) is 11.2. The average molecular weight is 483 g/mol. The number of carbonyl (C=O) groups excluding carboxylic acids is 1. The number of hydrogen-bond acceptors (Lipinski definition) is 5. The van der Waals surface area contributed by atoms with Crippen molar-refractivity contribution >= 4 is 15.7 Å². The van der Waals surface area contributed by atoms with Gasteiger partial charge in [-0.05, 0) is 73.8 Å². The van der Waals surface area contributed by atoms with Crippen LogP contribution in [0.1, 0.15) is 42.4 Å². The molecule has 8 heteroatoms. The summed E-state index contributed by atoms with van der Waals surface area (Å²) < 4.78 is 46.6. The van der Waals surface area contributed by atoms with Gasteiger partial charge in [0.1, 0.15) is 17.7 Å². The van der Waals surface area contributed by atoms with Crippen molar-refractivity contribution in [1.29, 1.82) is 0 Å². The summed E-state index contributed by atoms with van der Waals surface area (Å²) in [5.74, 6) is -0.460. The quantitative estimate of drug-likeness (QED) is 0.468. The summed E-state index contributed by atoms with van der Waals surface area (Å²) >= 11 is 0. The molecule has 1 heterocycles. The number of amides is 1. The maximum Gasteiger partial charge on any atom is 0.238 e. The average Bonchev–Trinajstić information content (AvgIpc) is 3.38. The van der Waals surface area contributed by atoms with Crippen LogP contribution in [0, 0.1) is 5.82 Å². The van der Waals surface area contributed by atoms with Gasteiger partial charge < -0.3 is 15.4 Å². The van der Waals surface area contributed by atoms with Gasteiger partial charge >= 0.3 is 0 Å². The van der Waals surface area contributed by atoms with E-state index in [1.54, 1.807) is 24.3 Å². The molecule has 178 valence electrons. The lowest BCUT2D eigenvalue weighted by molar-refractivity contribution is -0.123. The fourth-order valence-electron chi connectivity index (χ4n) is 3.99. The predicted octanol–water partition coefficient (Wildman–Crippen LogP) is 4.31. The molecular weight excluding hydrogens is 455 g/mol. The predicted molar refractivity (Wildman–Crippen MR) is 127 cm³/mol. The maximum atomic E-state index is 13.6. The number of halogens is 1. The van der Waals surface area contributed by atoms with Crippen LogP contribution < -0.4 is 15.4 Å². The standard InChI is InChI=1S/C26H27FN2O4S/c1-18(19-7-3-2-4-8-19)33-22-10-5-9-20(17-22)26(29-25(30)24-11-6-16-28-24)34(31,32)23-14-12-21(27)13-15-23/h2-5,7-10,12-15,17-18,24,26,28H,6,11,16H2,1H3,(H,29,30)/t18-,24?,26-/m0/s1. The molecule has 1 saturated heterocycles. The molecule has 0 aromatic heterocycles. The van der Waals surface area contributed by atoms with Gasteiger partial charge in [-0.25, -0.2) is 12.8 Å². The van der Waals surface area contributed by atoms with Crippen molar-refractivity contribution in [2.45, 2.75) is 42.2 Å². The molecule has 0 bridgehead atoms. The molecule has 3 aromatic carbocycles. The summed E-state index contributed by atoms with van der Waals surface area (Å²) in [5.41, 5.74) is 1.33. The normalized spacial score (nSPS) is 17.6. The number of nitrogens with one attached hydrogen (secondary N) is 2. The fraction of sp³-hybridized carbons (Fsp3) is 0.269. The molecule has 6 nitrogen and oxygen atoms in total. The molecule has 0 saturated carbocycles. The van der Waals surface area contributed by atoms with Crippen LogP contribution in [-0.4, -0.2) is 26.9 Å². The number of ether oxygens (including phenoxy) is 1. The van der Waals surface area contributed by atoms with Gasteiger partial charge in [0, 0.05) is 0 Å². The number of rotatable bonds is 8. The number of carbonyl (C=O) groups is 1. The van der Waals surface area contributed by atoms with Crippen LogP contribution in [0.25, 0.3) is 0 Å². The van der Waals surface area contributed by atoms with Crippen LogP contribution in [0.3, 0.4) is 0 Å². The van der Waals surface area contributed by atoms with Crippen molar-refractivity contribution in [3.63, 3.8) is 0 Å². The van der Waals surface area contributed by atoms with Crippen LogP contribution in [0.2, 0.25) is 0 Å². The second-order valence-electron chi connectivity index (χ2n) is 8.28. The molecule has 2 N–H and O–H groups in total. The second-order valence-corrected chi connectivity index (χ2v) is 10.3. The Morgan fingerprint density at radius 3 is 2.41 bits per heavy atom. The smallest absolute Gasteiger partial charge is 0.238 e. The first kappa shape index (κ1) is 23.9. The van der Waals surface area contributed by atoms with E-state index in [4.69, 9.17) is 4.74 Å². The highest BCUT2D eigenvalue weighted by molar-refractivity contribution is 7.91. The van der Waals surface area contributed by atoms with E-state index in [9.17, 15) is 17.6 Å². The topological polar surface area (TPSA) is 84.5 Å². The third-order valence-corrected chi connectivity index (χ3v) is 7.79. The van der Waals surface area contributed by atoms with Crippen molar-refractivity contribution in [3.8, 4) is 5.75 Å². The zero-order valence-corrected chi connectivity index (χ0v) is 19.6. The number of sulfone groups is 1. The van der Waals surface area contributed by atoms with E-state index in [0.717, 1.165) is 24.1 Å². The molecule has 34 heavy (non-hydrogen) atoms. The molecule has 4 rings (SSSR count). The molecule has 1 unspecified atom stereocenters. The van der Waals surface area contributed by atoms with Gasteiger partial charge in [-0.1, -0.05) is 42.5 Å². The highest BCUT2D eigenvalue weighted by Crippen LogP contribution is 2.31. The fourth-order valence-corrected chi connectivity index (χ4v) is 5.55. The van der Waals surface area contributed by atoms with Gasteiger partial charge in [-0.3, -0.25) is 4.79 Å². The van der Waals surface area contributed by atoms with E-state index < -0.39 is 33.0 Å². The highest BCUT2D eigenvalue weighted by Gasteiger charge is 2.34. The van der Waals surface area contributed by atoms with E-state index in [1.807, 2.05) is 37.3 Å². The lowest BCUT2D eigenvalue weighted by Crippen LogP contribution is -2.44. The molecule has 3 aromatic rings. The van der Waals surface area contributed by atoms with Crippen LogP contribution in [0.5, 0.6) is 5.75 Å². The van der Waals surface area contributed by atoms with E-state index in [-0.39, 0.29) is 11.0 Å². The molecule has 1 amide bonds. The third kappa shape index (κ3) is 5.46. The lowest BCUT2D eigenvalue weighted by Gasteiger charge is -2.23. The van der Waals surface area contributed by atoms with Gasteiger partial charge in [0.05, 0.1) is 10.9 Å². The van der Waals surface area contributed by atoms with E-state index >= 15 is 0 Å². The molecular formula is C26H27FN2O4S. The Bertz CT molecular complexity index is 1230. The van der Waals surface area contributed by atoms with Crippen molar-refractivity contribution in [2.75, 3.05) is 6.54 Å². The van der Waals surface area contributed by atoms with Crippen molar-refractivity contribution in [2.24, 2.45) is 0 Å². The minimum absolute atomic E-state index is 0.0810. The summed E-state index contributed by atoms with van der Waals surface area (Å²) in [6.45, 7) is 2.61. The number of benzene rings is 3. The van der Waals surface area contributed by atoms with Crippen LogP contribution in [0.15, 0.2) is 83.8 Å². The van der Waals surface area contributed by atoms with Gasteiger partial charge in [0.25, 0.3) is 0 Å². The molecule has 3 atom stereocenters. The summed E-state index contributed by atoms with van der Waals surface area (Å²) in [6, 6.07) is 20.5. The van der Waals surface area contributed by atoms with Gasteiger partial charge in [-0.2, -0.15) is 0 Å². The minimum atomic E-state index is -4.07. The third-order valence-electron chi connectivity index (χ3n) is 5.85. The molecule has 0 aliphatic carbocycles. The van der Waals surface area contributed by atoms with Crippen molar-refractivity contribution in [1.82, 2.24) is 10.6 Å². The van der Waals surface area contributed by atoms with Gasteiger partial charge in [0.2, 0.25) is 15.7 Å². The Labute approximate surface area is 199 Å². The van der Waals surface area contributed by atoms with E-state index in [2.05, 4.69) is 10.6 Å². The van der Waals surface area contributed by atoms with E-state index in [0.29, 0.717) is 24.3 Å².